The number of aromatic nitrogens is 2. The lowest BCUT2D eigenvalue weighted by Crippen LogP contribution is -2.50. The van der Waals surface area contributed by atoms with Gasteiger partial charge in [-0.05, 0) is 26.1 Å². The van der Waals surface area contributed by atoms with E-state index in [-0.39, 0.29) is 0 Å². The third-order valence-electron chi connectivity index (χ3n) is 2.80. The highest BCUT2D eigenvalue weighted by Gasteiger charge is 2.22. The first-order valence-corrected chi connectivity index (χ1v) is 5.21. The predicted molar refractivity (Wildman–Crippen MR) is 60.7 cm³/mol. The van der Waals surface area contributed by atoms with Gasteiger partial charge in [-0.25, -0.2) is 0 Å². The van der Waals surface area contributed by atoms with Crippen LogP contribution >= 0.6 is 0 Å². The monoisotopic (exact) mass is 207 g/mol. The van der Waals surface area contributed by atoms with Crippen molar-refractivity contribution >= 4 is 11.6 Å². The Balaban J connectivity index is 2.13. The highest BCUT2D eigenvalue weighted by molar-refractivity contribution is 5.42. The van der Waals surface area contributed by atoms with Gasteiger partial charge < -0.3 is 15.5 Å². The highest BCUT2D eigenvalue weighted by atomic mass is 15.3. The molecular formula is C10H17N5. The number of nitrogens with zero attached hydrogens (tertiary/aromatic N) is 4. The van der Waals surface area contributed by atoms with Crippen LogP contribution in [-0.4, -0.2) is 47.8 Å². The number of hydrogen-bond donors (Lipinski definition) is 1. The second-order valence-electron chi connectivity index (χ2n) is 4.12. The topological polar surface area (TPSA) is 58.3 Å². The second-order valence-corrected chi connectivity index (χ2v) is 4.12. The number of rotatable bonds is 1. The quantitative estimate of drug-likeness (QED) is 0.713. The number of anilines is 2. The van der Waals surface area contributed by atoms with Crippen molar-refractivity contribution in [2.75, 3.05) is 37.3 Å². The minimum Gasteiger partial charge on any atom is -0.382 e. The molecule has 1 unspecified atom stereocenters. The van der Waals surface area contributed by atoms with Gasteiger partial charge in [-0.1, -0.05) is 0 Å². The van der Waals surface area contributed by atoms with Gasteiger partial charge in [0.05, 0.1) is 0 Å². The van der Waals surface area contributed by atoms with Crippen LogP contribution in [0.5, 0.6) is 0 Å². The fourth-order valence-corrected chi connectivity index (χ4v) is 1.97. The lowest BCUT2D eigenvalue weighted by Gasteiger charge is -2.38. The number of nitrogen functional groups attached to an aromatic ring is 1. The van der Waals surface area contributed by atoms with E-state index in [1.165, 1.54) is 0 Å². The van der Waals surface area contributed by atoms with Crippen LogP contribution in [-0.2, 0) is 0 Å². The van der Waals surface area contributed by atoms with Crippen molar-refractivity contribution in [1.82, 2.24) is 15.1 Å². The smallest absolute Gasteiger partial charge is 0.151 e. The van der Waals surface area contributed by atoms with Crippen molar-refractivity contribution < 1.29 is 0 Å². The van der Waals surface area contributed by atoms with Gasteiger partial charge in [0.1, 0.15) is 5.82 Å². The normalized spacial score (nSPS) is 23.1. The molecule has 0 aromatic carbocycles. The van der Waals surface area contributed by atoms with Crippen LogP contribution in [0.1, 0.15) is 6.92 Å². The molecule has 2 heterocycles. The van der Waals surface area contributed by atoms with Crippen molar-refractivity contribution in [2.45, 2.75) is 13.0 Å². The third kappa shape index (κ3) is 2.18. The Hall–Kier alpha value is -1.36. The summed E-state index contributed by atoms with van der Waals surface area (Å²) in [6.45, 7) is 5.33. The molecule has 0 amide bonds. The summed E-state index contributed by atoms with van der Waals surface area (Å²) in [5.74, 6) is 1.39. The molecule has 0 spiro atoms. The maximum atomic E-state index is 5.51. The Kier molecular flexibility index (Phi) is 2.73. The molecule has 0 radical (unpaired) electrons. The van der Waals surface area contributed by atoms with Crippen molar-refractivity contribution in [1.29, 1.82) is 0 Å². The first kappa shape index (κ1) is 10.2. The van der Waals surface area contributed by atoms with Crippen LogP contribution in [0.15, 0.2) is 12.1 Å². The van der Waals surface area contributed by atoms with Crippen molar-refractivity contribution in [2.24, 2.45) is 0 Å². The lowest BCUT2D eigenvalue weighted by atomic mass is 10.2. The number of piperazine rings is 1. The summed E-state index contributed by atoms with van der Waals surface area (Å²) in [5.41, 5.74) is 5.51. The van der Waals surface area contributed by atoms with E-state index in [1.54, 1.807) is 6.07 Å². The molecule has 15 heavy (non-hydrogen) atoms. The van der Waals surface area contributed by atoms with E-state index >= 15 is 0 Å². The molecule has 0 bridgehead atoms. The van der Waals surface area contributed by atoms with Gasteiger partial charge in [-0.15, -0.1) is 10.2 Å². The van der Waals surface area contributed by atoms with E-state index < -0.39 is 0 Å². The van der Waals surface area contributed by atoms with Crippen LogP contribution in [0.4, 0.5) is 11.6 Å². The zero-order chi connectivity index (χ0) is 10.8. The summed E-state index contributed by atoms with van der Waals surface area (Å²) in [5, 5.41) is 7.99. The fourth-order valence-electron chi connectivity index (χ4n) is 1.97. The summed E-state index contributed by atoms with van der Waals surface area (Å²) < 4.78 is 0. The summed E-state index contributed by atoms with van der Waals surface area (Å²) in [7, 11) is 2.14. The molecule has 1 aliphatic rings. The average Bonchev–Trinajstić information content (AvgIpc) is 2.20. The summed E-state index contributed by atoms with van der Waals surface area (Å²) in [4.78, 5) is 4.60. The minimum absolute atomic E-state index is 0.473. The molecule has 1 atom stereocenters. The maximum absolute atomic E-state index is 5.51. The number of likely N-dealkylation sites (N-methyl/N-ethyl adjacent to an activating group) is 1. The number of hydrogen-bond acceptors (Lipinski definition) is 5. The van der Waals surface area contributed by atoms with Gasteiger partial charge in [0.15, 0.2) is 5.82 Å². The van der Waals surface area contributed by atoms with E-state index in [0.717, 1.165) is 25.5 Å². The Morgan fingerprint density at radius 2 is 2.13 bits per heavy atom. The van der Waals surface area contributed by atoms with E-state index in [9.17, 15) is 0 Å². The van der Waals surface area contributed by atoms with E-state index in [1.807, 2.05) is 6.07 Å². The molecule has 1 aromatic heterocycles. The van der Waals surface area contributed by atoms with E-state index in [0.29, 0.717) is 11.9 Å². The van der Waals surface area contributed by atoms with E-state index in [4.69, 9.17) is 5.73 Å². The molecule has 0 aliphatic carbocycles. The molecule has 0 saturated carbocycles. The van der Waals surface area contributed by atoms with Gasteiger partial charge in [0.25, 0.3) is 0 Å². The van der Waals surface area contributed by atoms with Crippen LogP contribution in [0.2, 0.25) is 0 Å². The van der Waals surface area contributed by atoms with Crippen molar-refractivity contribution in [3.05, 3.63) is 12.1 Å². The molecule has 1 aliphatic heterocycles. The molecule has 1 fully saturated rings. The summed E-state index contributed by atoms with van der Waals surface area (Å²) >= 11 is 0. The Labute approximate surface area is 89.9 Å². The number of nitrogens with two attached hydrogens (primary N) is 1. The van der Waals surface area contributed by atoms with Crippen LogP contribution in [0, 0.1) is 0 Å². The van der Waals surface area contributed by atoms with Gasteiger partial charge in [0.2, 0.25) is 0 Å². The van der Waals surface area contributed by atoms with Gasteiger partial charge in [-0.3, -0.25) is 0 Å². The standard InChI is InChI=1S/C10H17N5/c1-8-7-14(2)5-6-15(8)10-4-3-9(11)12-13-10/h3-4,8H,5-7H2,1-2H3,(H2,11,12). The van der Waals surface area contributed by atoms with Crippen molar-refractivity contribution in [3.8, 4) is 0 Å². The molecule has 5 nitrogen and oxygen atoms in total. The minimum atomic E-state index is 0.473. The fraction of sp³-hybridized carbons (Fsp3) is 0.600. The zero-order valence-electron chi connectivity index (χ0n) is 9.22. The van der Waals surface area contributed by atoms with Gasteiger partial charge >= 0.3 is 0 Å². The second kappa shape index (κ2) is 4.02. The SMILES string of the molecule is CC1CN(C)CCN1c1ccc(N)nn1. The molecular weight excluding hydrogens is 190 g/mol. The summed E-state index contributed by atoms with van der Waals surface area (Å²) in [6.07, 6.45) is 0. The zero-order valence-corrected chi connectivity index (χ0v) is 9.22. The first-order valence-electron chi connectivity index (χ1n) is 5.21. The average molecular weight is 207 g/mol. The Morgan fingerprint density at radius 3 is 2.73 bits per heavy atom. The van der Waals surface area contributed by atoms with Crippen LogP contribution < -0.4 is 10.6 Å². The van der Waals surface area contributed by atoms with Gasteiger partial charge in [0, 0.05) is 25.7 Å². The Bertz CT molecular complexity index is 323. The largest absolute Gasteiger partial charge is 0.382 e. The first-order chi connectivity index (χ1) is 7.16. The van der Waals surface area contributed by atoms with Gasteiger partial charge in [-0.2, -0.15) is 0 Å². The predicted octanol–water partition coefficient (Wildman–Crippen LogP) is 0.199. The van der Waals surface area contributed by atoms with E-state index in [2.05, 4.69) is 34.0 Å². The highest BCUT2D eigenvalue weighted by Crippen LogP contribution is 2.16. The molecule has 82 valence electrons. The summed E-state index contributed by atoms with van der Waals surface area (Å²) in [6, 6.07) is 4.21. The van der Waals surface area contributed by atoms with Crippen LogP contribution in [0.3, 0.4) is 0 Å². The Morgan fingerprint density at radius 1 is 1.33 bits per heavy atom. The lowest BCUT2D eigenvalue weighted by molar-refractivity contribution is 0.274. The van der Waals surface area contributed by atoms with Crippen LogP contribution in [0.25, 0.3) is 0 Å². The molecule has 2 rings (SSSR count). The maximum Gasteiger partial charge on any atom is 0.151 e. The molecule has 1 aromatic rings. The molecule has 5 heteroatoms. The van der Waals surface area contributed by atoms with Crippen molar-refractivity contribution in [3.63, 3.8) is 0 Å². The molecule has 1 saturated heterocycles. The third-order valence-corrected chi connectivity index (χ3v) is 2.80. The molecule has 2 N–H and O–H groups in total.